The molecule has 0 saturated carbocycles. The van der Waals surface area contributed by atoms with Gasteiger partial charge >= 0.3 is 0 Å². The van der Waals surface area contributed by atoms with Crippen LogP contribution in [-0.4, -0.2) is 24.1 Å². The number of amidine groups is 1. The SMILES string of the molecule is CC1CCCN(c2cc(Br)ccc2/C(N)=N/O)C1. The van der Waals surface area contributed by atoms with Crippen LogP contribution in [0.4, 0.5) is 5.69 Å². The summed E-state index contributed by atoms with van der Waals surface area (Å²) in [4.78, 5) is 2.31. The smallest absolute Gasteiger partial charge is 0.172 e. The van der Waals surface area contributed by atoms with Crippen molar-refractivity contribution >= 4 is 27.5 Å². The van der Waals surface area contributed by atoms with Crippen LogP contribution in [0.25, 0.3) is 0 Å². The molecule has 2 rings (SSSR count). The van der Waals surface area contributed by atoms with Crippen molar-refractivity contribution in [2.75, 3.05) is 18.0 Å². The first-order valence-electron chi connectivity index (χ1n) is 6.14. The molecular weight excluding hydrogens is 294 g/mol. The third kappa shape index (κ3) is 2.77. The summed E-state index contributed by atoms with van der Waals surface area (Å²) in [6, 6.07) is 5.82. The minimum absolute atomic E-state index is 0.163. The van der Waals surface area contributed by atoms with E-state index in [4.69, 9.17) is 10.9 Å². The normalized spacial score (nSPS) is 21.1. The second-order valence-electron chi connectivity index (χ2n) is 4.84. The van der Waals surface area contributed by atoms with Crippen LogP contribution in [0.2, 0.25) is 0 Å². The average Bonchev–Trinajstić information content (AvgIpc) is 2.38. The van der Waals surface area contributed by atoms with Crippen molar-refractivity contribution in [2.24, 2.45) is 16.8 Å². The highest BCUT2D eigenvalue weighted by molar-refractivity contribution is 9.10. The van der Waals surface area contributed by atoms with E-state index in [1.54, 1.807) is 0 Å². The number of piperidine rings is 1. The molecule has 0 spiro atoms. The first-order chi connectivity index (χ1) is 8.61. The fourth-order valence-electron chi connectivity index (χ4n) is 2.45. The molecule has 98 valence electrons. The van der Waals surface area contributed by atoms with E-state index in [2.05, 4.69) is 32.9 Å². The number of oxime groups is 1. The number of anilines is 1. The van der Waals surface area contributed by atoms with Gasteiger partial charge in [0, 0.05) is 28.8 Å². The molecule has 4 nitrogen and oxygen atoms in total. The summed E-state index contributed by atoms with van der Waals surface area (Å²) in [5.74, 6) is 0.841. The lowest BCUT2D eigenvalue weighted by molar-refractivity contribution is 0.318. The van der Waals surface area contributed by atoms with Crippen LogP contribution in [0.5, 0.6) is 0 Å². The van der Waals surface area contributed by atoms with Gasteiger partial charge in [-0.25, -0.2) is 0 Å². The molecule has 1 saturated heterocycles. The highest BCUT2D eigenvalue weighted by atomic mass is 79.9. The summed E-state index contributed by atoms with van der Waals surface area (Å²) in [6.07, 6.45) is 2.45. The van der Waals surface area contributed by atoms with Crippen molar-refractivity contribution in [3.05, 3.63) is 28.2 Å². The van der Waals surface area contributed by atoms with Crippen LogP contribution in [0.15, 0.2) is 27.8 Å². The first-order valence-corrected chi connectivity index (χ1v) is 6.93. The molecule has 1 aromatic carbocycles. The Morgan fingerprint density at radius 3 is 3.00 bits per heavy atom. The maximum atomic E-state index is 8.87. The number of nitrogens with two attached hydrogens (primary N) is 1. The Bertz CT molecular complexity index is 462. The molecule has 1 unspecified atom stereocenters. The third-order valence-corrected chi connectivity index (χ3v) is 3.83. The minimum atomic E-state index is 0.163. The molecule has 0 aromatic heterocycles. The Labute approximate surface area is 116 Å². The van der Waals surface area contributed by atoms with Gasteiger partial charge in [-0.2, -0.15) is 0 Å². The molecule has 1 heterocycles. The summed E-state index contributed by atoms with van der Waals surface area (Å²) in [5, 5.41) is 12.0. The summed E-state index contributed by atoms with van der Waals surface area (Å²) in [6.45, 7) is 4.29. The standard InChI is InChI=1S/C13H18BrN3O/c1-9-3-2-6-17(8-9)12-7-10(14)4-5-11(12)13(15)16-18/h4-5,7,9,18H,2-3,6,8H2,1H3,(H2,15,16). The predicted octanol–water partition coefficient (Wildman–Crippen LogP) is 2.78. The molecule has 0 amide bonds. The van der Waals surface area contributed by atoms with Crippen molar-refractivity contribution in [1.82, 2.24) is 0 Å². The molecule has 1 aliphatic heterocycles. The number of benzene rings is 1. The van der Waals surface area contributed by atoms with E-state index >= 15 is 0 Å². The lowest BCUT2D eigenvalue weighted by Crippen LogP contribution is -2.35. The molecule has 0 aliphatic carbocycles. The fourth-order valence-corrected chi connectivity index (χ4v) is 2.79. The third-order valence-electron chi connectivity index (χ3n) is 3.34. The summed E-state index contributed by atoms with van der Waals surface area (Å²) >= 11 is 3.48. The Morgan fingerprint density at radius 1 is 1.56 bits per heavy atom. The molecular formula is C13H18BrN3O. The van der Waals surface area contributed by atoms with Gasteiger partial charge in [-0.3, -0.25) is 0 Å². The monoisotopic (exact) mass is 311 g/mol. The Hall–Kier alpha value is -1.23. The van der Waals surface area contributed by atoms with E-state index in [1.165, 1.54) is 12.8 Å². The second-order valence-corrected chi connectivity index (χ2v) is 5.76. The molecule has 1 aliphatic rings. The summed E-state index contributed by atoms with van der Waals surface area (Å²) < 4.78 is 1.00. The summed E-state index contributed by atoms with van der Waals surface area (Å²) in [7, 11) is 0. The number of rotatable bonds is 2. The Morgan fingerprint density at radius 2 is 2.33 bits per heavy atom. The molecule has 3 N–H and O–H groups in total. The van der Waals surface area contributed by atoms with E-state index < -0.39 is 0 Å². The quantitative estimate of drug-likeness (QED) is 0.382. The molecule has 18 heavy (non-hydrogen) atoms. The zero-order valence-corrected chi connectivity index (χ0v) is 12.0. The van der Waals surface area contributed by atoms with Crippen molar-refractivity contribution < 1.29 is 5.21 Å². The van der Waals surface area contributed by atoms with E-state index in [0.717, 1.165) is 28.8 Å². The van der Waals surface area contributed by atoms with Crippen LogP contribution in [0, 0.1) is 5.92 Å². The van der Waals surface area contributed by atoms with Crippen molar-refractivity contribution in [3.8, 4) is 0 Å². The minimum Gasteiger partial charge on any atom is -0.409 e. The van der Waals surface area contributed by atoms with Gasteiger partial charge in [0.15, 0.2) is 5.84 Å². The van der Waals surface area contributed by atoms with E-state index in [0.29, 0.717) is 5.92 Å². The molecule has 0 bridgehead atoms. The highest BCUT2D eigenvalue weighted by Gasteiger charge is 2.20. The number of hydrogen-bond donors (Lipinski definition) is 2. The van der Waals surface area contributed by atoms with Gasteiger partial charge in [-0.05, 0) is 37.0 Å². The van der Waals surface area contributed by atoms with Gasteiger partial charge in [-0.1, -0.05) is 28.0 Å². The maximum Gasteiger partial charge on any atom is 0.172 e. The Balaban J connectivity index is 2.38. The van der Waals surface area contributed by atoms with Crippen LogP contribution in [0.3, 0.4) is 0 Å². The number of halogens is 1. The zero-order valence-electron chi connectivity index (χ0n) is 10.4. The van der Waals surface area contributed by atoms with Crippen molar-refractivity contribution in [3.63, 3.8) is 0 Å². The van der Waals surface area contributed by atoms with Gasteiger partial charge in [0.05, 0.1) is 0 Å². The summed E-state index contributed by atoms with van der Waals surface area (Å²) in [5.41, 5.74) is 7.56. The molecule has 1 atom stereocenters. The predicted molar refractivity (Wildman–Crippen MR) is 77.3 cm³/mol. The first kappa shape index (κ1) is 13.2. The van der Waals surface area contributed by atoms with Gasteiger partial charge < -0.3 is 15.8 Å². The fraction of sp³-hybridized carbons (Fsp3) is 0.462. The number of nitrogens with zero attached hydrogens (tertiary/aromatic N) is 2. The van der Waals surface area contributed by atoms with Crippen molar-refractivity contribution in [1.29, 1.82) is 0 Å². The lowest BCUT2D eigenvalue weighted by Gasteiger charge is -2.34. The van der Waals surface area contributed by atoms with E-state index in [9.17, 15) is 0 Å². The average molecular weight is 312 g/mol. The molecule has 1 fully saturated rings. The van der Waals surface area contributed by atoms with Gasteiger partial charge in [0.1, 0.15) is 0 Å². The maximum absolute atomic E-state index is 8.87. The number of hydrogen-bond acceptors (Lipinski definition) is 3. The van der Waals surface area contributed by atoms with Crippen LogP contribution >= 0.6 is 15.9 Å². The van der Waals surface area contributed by atoms with Crippen LogP contribution in [0.1, 0.15) is 25.3 Å². The van der Waals surface area contributed by atoms with E-state index in [-0.39, 0.29) is 5.84 Å². The van der Waals surface area contributed by atoms with E-state index in [1.807, 2.05) is 18.2 Å². The van der Waals surface area contributed by atoms with Gasteiger partial charge in [-0.15, -0.1) is 0 Å². The second kappa shape index (κ2) is 5.61. The topological polar surface area (TPSA) is 61.8 Å². The van der Waals surface area contributed by atoms with Crippen molar-refractivity contribution in [2.45, 2.75) is 19.8 Å². The lowest BCUT2D eigenvalue weighted by atomic mass is 9.98. The molecule has 0 radical (unpaired) electrons. The molecule has 5 heteroatoms. The van der Waals surface area contributed by atoms with Gasteiger partial charge in [0.2, 0.25) is 0 Å². The van der Waals surface area contributed by atoms with Crippen LogP contribution in [-0.2, 0) is 0 Å². The molecule has 1 aromatic rings. The largest absolute Gasteiger partial charge is 0.409 e. The van der Waals surface area contributed by atoms with Gasteiger partial charge in [0.25, 0.3) is 0 Å². The zero-order chi connectivity index (χ0) is 13.1. The highest BCUT2D eigenvalue weighted by Crippen LogP contribution is 2.29. The Kier molecular flexibility index (Phi) is 4.11. The van der Waals surface area contributed by atoms with Crippen LogP contribution < -0.4 is 10.6 Å².